The van der Waals surface area contributed by atoms with E-state index in [0.29, 0.717) is 23.6 Å². The maximum atomic E-state index is 12.0. The van der Waals surface area contributed by atoms with Crippen molar-refractivity contribution in [1.82, 2.24) is 10.2 Å². The second-order valence-corrected chi connectivity index (χ2v) is 6.29. The quantitative estimate of drug-likeness (QED) is 0.865. The molecular weight excluding hydrogens is 316 g/mol. The van der Waals surface area contributed by atoms with E-state index in [9.17, 15) is 14.7 Å². The minimum Gasteiger partial charge on any atom is -0.387 e. The van der Waals surface area contributed by atoms with Crippen LogP contribution in [0.1, 0.15) is 43.8 Å². The number of rotatable bonds is 5. The van der Waals surface area contributed by atoms with Gasteiger partial charge in [0.1, 0.15) is 0 Å². The zero-order valence-corrected chi connectivity index (χ0v) is 13.9. The number of nitrogens with one attached hydrogen (secondary N) is 1. The van der Waals surface area contributed by atoms with Crippen LogP contribution in [-0.2, 0) is 9.59 Å². The number of carbonyl (C=O) groups excluding carboxylic acids is 2. The first-order valence-corrected chi connectivity index (χ1v) is 8.42. The minimum absolute atomic E-state index is 0.0399. The van der Waals surface area contributed by atoms with E-state index in [2.05, 4.69) is 5.32 Å². The summed E-state index contributed by atoms with van der Waals surface area (Å²) in [6.07, 6.45) is 3.73. The number of amides is 2. The molecule has 1 saturated heterocycles. The summed E-state index contributed by atoms with van der Waals surface area (Å²) in [5.74, 6) is -0.204. The van der Waals surface area contributed by atoms with Crippen molar-refractivity contribution in [3.05, 3.63) is 34.9 Å². The summed E-state index contributed by atoms with van der Waals surface area (Å²) in [4.78, 5) is 25.6. The van der Waals surface area contributed by atoms with Crippen molar-refractivity contribution >= 4 is 23.4 Å². The Morgan fingerprint density at radius 1 is 1.22 bits per heavy atom. The summed E-state index contributed by atoms with van der Waals surface area (Å²) in [6.45, 7) is 0.806. The zero-order chi connectivity index (χ0) is 16.7. The first kappa shape index (κ1) is 17.8. The highest BCUT2D eigenvalue weighted by atomic mass is 35.5. The molecule has 1 aromatic rings. The highest BCUT2D eigenvalue weighted by Gasteiger charge is 2.18. The third-order valence-electron chi connectivity index (χ3n) is 4.00. The van der Waals surface area contributed by atoms with Crippen LogP contribution in [0.3, 0.4) is 0 Å². The van der Waals surface area contributed by atoms with Gasteiger partial charge < -0.3 is 15.3 Å². The standard InChI is InChI=1S/C17H23ClN2O3/c18-14-8-6-13(7-9-14)15(21)11-19-16(22)12-20-10-4-2-1-3-5-17(20)23/h6-9,15,21H,1-5,10-12H2,(H,19,22)/t15-/m0/s1. The number of aliphatic hydroxyl groups excluding tert-OH is 1. The maximum absolute atomic E-state index is 12.0. The van der Waals surface area contributed by atoms with Gasteiger partial charge in [0.15, 0.2) is 0 Å². The molecule has 126 valence electrons. The highest BCUT2D eigenvalue weighted by Crippen LogP contribution is 2.16. The summed E-state index contributed by atoms with van der Waals surface area (Å²) in [5.41, 5.74) is 0.692. The lowest BCUT2D eigenvalue weighted by Gasteiger charge is -2.24. The van der Waals surface area contributed by atoms with Gasteiger partial charge in [-0.25, -0.2) is 0 Å². The van der Waals surface area contributed by atoms with Gasteiger partial charge in [0.25, 0.3) is 0 Å². The average Bonchev–Trinajstić information content (AvgIpc) is 2.53. The van der Waals surface area contributed by atoms with E-state index in [1.54, 1.807) is 29.2 Å². The third-order valence-corrected chi connectivity index (χ3v) is 4.26. The molecule has 1 aromatic carbocycles. The molecule has 1 aliphatic rings. The van der Waals surface area contributed by atoms with Crippen molar-refractivity contribution in [3.63, 3.8) is 0 Å². The fraction of sp³-hybridized carbons (Fsp3) is 0.529. The molecule has 2 rings (SSSR count). The van der Waals surface area contributed by atoms with Crippen LogP contribution in [0.15, 0.2) is 24.3 Å². The minimum atomic E-state index is -0.792. The van der Waals surface area contributed by atoms with Gasteiger partial charge >= 0.3 is 0 Å². The lowest BCUT2D eigenvalue weighted by atomic mass is 10.1. The smallest absolute Gasteiger partial charge is 0.239 e. The second-order valence-electron chi connectivity index (χ2n) is 5.85. The second kappa shape index (κ2) is 8.89. The van der Waals surface area contributed by atoms with Gasteiger partial charge in [0.05, 0.1) is 12.6 Å². The monoisotopic (exact) mass is 338 g/mol. The highest BCUT2D eigenvalue weighted by molar-refractivity contribution is 6.30. The molecule has 1 aliphatic heterocycles. The lowest BCUT2D eigenvalue weighted by molar-refractivity contribution is -0.136. The van der Waals surface area contributed by atoms with E-state index < -0.39 is 6.10 Å². The summed E-state index contributed by atoms with van der Waals surface area (Å²) in [6, 6.07) is 6.84. The molecule has 5 nitrogen and oxygen atoms in total. The van der Waals surface area contributed by atoms with Gasteiger partial charge in [0.2, 0.25) is 11.8 Å². The lowest BCUT2D eigenvalue weighted by Crippen LogP contribution is -2.42. The van der Waals surface area contributed by atoms with Gasteiger partial charge in [-0.1, -0.05) is 36.6 Å². The Bertz CT molecular complexity index is 533. The molecular formula is C17H23ClN2O3. The molecule has 1 atom stereocenters. The average molecular weight is 339 g/mol. The Kier molecular flexibility index (Phi) is 6.86. The fourth-order valence-electron chi connectivity index (χ4n) is 2.63. The van der Waals surface area contributed by atoms with E-state index in [0.717, 1.165) is 25.7 Å². The van der Waals surface area contributed by atoms with E-state index in [-0.39, 0.29) is 24.9 Å². The number of hydrogen-bond acceptors (Lipinski definition) is 3. The van der Waals surface area contributed by atoms with Crippen molar-refractivity contribution in [2.45, 2.75) is 38.2 Å². The molecule has 0 aromatic heterocycles. The van der Waals surface area contributed by atoms with Gasteiger partial charge in [0, 0.05) is 24.5 Å². The Labute approximate surface area is 141 Å². The molecule has 0 saturated carbocycles. The Morgan fingerprint density at radius 3 is 2.65 bits per heavy atom. The Balaban J connectivity index is 1.79. The first-order chi connectivity index (χ1) is 11.1. The molecule has 0 unspecified atom stereocenters. The Morgan fingerprint density at radius 2 is 1.91 bits per heavy atom. The van der Waals surface area contributed by atoms with Gasteiger partial charge in [-0.05, 0) is 30.5 Å². The van der Waals surface area contributed by atoms with Crippen LogP contribution in [0.25, 0.3) is 0 Å². The van der Waals surface area contributed by atoms with Crippen LogP contribution in [0.5, 0.6) is 0 Å². The number of aliphatic hydroxyl groups is 1. The van der Waals surface area contributed by atoms with Gasteiger partial charge in [-0.2, -0.15) is 0 Å². The van der Waals surface area contributed by atoms with Crippen molar-refractivity contribution in [1.29, 1.82) is 0 Å². The van der Waals surface area contributed by atoms with E-state index in [1.165, 1.54) is 0 Å². The number of hydrogen-bond donors (Lipinski definition) is 2. The molecule has 1 fully saturated rings. The molecule has 0 aliphatic carbocycles. The summed E-state index contributed by atoms with van der Waals surface area (Å²) in [7, 11) is 0. The summed E-state index contributed by atoms with van der Waals surface area (Å²) < 4.78 is 0. The van der Waals surface area contributed by atoms with Crippen LogP contribution < -0.4 is 5.32 Å². The first-order valence-electron chi connectivity index (χ1n) is 8.04. The molecule has 2 amide bonds. The number of carbonyl (C=O) groups is 2. The zero-order valence-electron chi connectivity index (χ0n) is 13.1. The number of halogens is 1. The molecule has 0 bridgehead atoms. The van der Waals surface area contributed by atoms with E-state index in [4.69, 9.17) is 11.6 Å². The molecule has 2 N–H and O–H groups in total. The molecule has 0 radical (unpaired) electrons. The Hall–Kier alpha value is -1.59. The van der Waals surface area contributed by atoms with E-state index in [1.807, 2.05) is 0 Å². The molecule has 1 heterocycles. The van der Waals surface area contributed by atoms with Crippen molar-refractivity contribution in [3.8, 4) is 0 Å². The van der Waals surface area contributed by atoms with Crippen molar-refractivity contribution in [2.75, 3.05) is 19.6 Å². The van der Waals surface area contributed by atoms with Crippen LogP contribution in [0.2, 0.25) is 5.02 Å². The molecule has 6 heteroatoms. The largest absolute Gasteiger partial charge is 0.387 e. The summed E-state index contributed by atoms with van der Waals surface area (Å²) in [5, 5.41) is 13.3. The number of benzene rings is 1. The van der Waals surface area contributed by atoms with Gasteiger partial charge in [-0.15, -0.1) is 0 Å². The van der Waals surface area contributed by atoms with Crippen LogP contribution in [0, 0.1) is 0 Å². The van der Waals surface area contributed by atoms with E-state index >= 15 is 0 Å². The predicted molar refractivity (Wildman–Crippen MR) is 89.1 cm³/mol. The molecule has 0 spiro atoms. The normalized spacial score (nSPS) is 17.3. The van der Waals surface area contributed by atoms with Gasteiger partial charge in [-0.3, -0.25) is 9.59 Å². The van der Waals surface area contributed by atoms with Crippen molar-refractivity contribution in [2.24, 2.45) is 0 Å². The summed E-state index contributed by atoms with van der Waals surface area (Å²) >= 11 is 5.80. The van der Waals surface area contributed by atoms with Crippen molar-refractivity contribution < 1.29 is 14.7 Å². The van der Waals surface area contributed by atoms with Crippen LogP contribution in [0.4, 0.5) is 0 Å². The predicted octanol–water partition coefficient (Wildman–Crippen LogP) is 2.28. The molecule has 23 heavy (non-hydrogen) atoms. The number of nitrogens with zero attached hydrogens (tertiary/aromatic N) is 1. The maximum Gasteiger partial charge on any atom is 0.239 e. The number of likely N-dealkylation sites (tertiary alicyclic amines) is 1. The topological polar surface area (TPSA) is 69.6 Å². The third kappa shape index (κ3) is 5.84. The SMILES string of the molecule is O=C(CN1CCCCCCC1=O)NC[C@H](O)c1ccc(Cl)cc1. The fourth-order valence-corrected chi connectivity index (χ4v) is 2.75. The van der Waals surface area contributed by atoms with Crippen LogP contribution in [-0.4, -0.2) is 41.5 Å². The van der Waals surface area contributed by atoms with Crippen LogP contribution >= 0.6 is 11.6 Å².